The van der Waals surface area contributed by atoms with Crippen LogP contribution < -0.4 is 0 Å². The van der Waals surface area contributed by atoms with Crippen LogP contribution in [-0.2, 0) is 4.79 Å². The minimum Gasteiger partial charge on any atom is -0.303 e. The van der Waals surface area contributed by atoms with Crippen LogP contribution in [0.4, 0.5) is 0 Å². The summed E-state index contributed by atoms with van der Waals surface area (Å²) in [5, 5.41) is 0. The van der Waals surface area contributed by atoms with Crippen molar-refractivity contribution in [3.05, 3.63) is 36.5 Å². The summed E-state index contributed by atoms with van der Waals surface area (Å²) < 4.78 is 0. The van der Waals surface area contributed by atoms with Crippen LogP contribution in [0.5, 0.6) is 0 Å². The fourth-order valence-electron chi connectivity index (χ4n) is 2.14. The highest BCUT2D eigenvalue weighted by Gasteiger charge is 1.87. The Morgan fingerprint density at radius 3 is 1.71 bits per heavy atom. The van der Waals surface area contributed by atoms with E-state index in [0.717, 1.165) is 32.0 Å². The summed E-state index contributed by atoms with van der Waals surface area (Å²) in [5.74, 6) is 0. The molecular weight excluding hydrogens is 256 g/mol. The van der Waals surface area contributed by atoms with E-state index in [0.29, 0.717) is 6.42 Å². The number of carbonyl (C=O) groups excluding carboxylic acids is 1. The van der Waals surface area contributed by atoms with Gasteiger partial charge in [0.2, 0.25) is 0 Å². The van der Waals surface area contributed by atoms with E-state index < -0.39 is 0 Å². The molecule has 0 aromatic rings. The number of aldehydes is 1. The van der Waals surface area contributed by atoms with Crippen molar-refractivity contribution in [2.24, 2.45) is 0 Å². The van der Waals surface area contributed by atoms with Crippen molar-refractivity contribution in [2.75, 3.05) is 0 Å². The van der Waals surface area contributed by atoms with Crippen molar-refractivity contribution >= 4 is 6.29 Å². The molecule has 21 heavy (non-hydrogen) atoms. The largest absolute Gasteiger partial charge is 0.303 e. The quantitative estimate of drug-likeness (QED) is 0.190. The second kappa shape index (κ2) is 18.9. The van der Waals surface area contributed by atoms with E-state index in [9.17, 15) is 4.79 Å². The maximum Gasteiger partial charge on any atom is 0.120 e. The van der Waals surface area contributed by atoms with E-state index >= 15 is 0 Å². The van der Waals surface area contributed by atoms with Gasteiger partial charge in [-0.2, -0.15) is 0 Å². The average Bonchev–Trinajstić information content (AvgIpc) is 2.50. The first-order valence-corrected chi connectivity index (χ1v) is 8.80. The van der Waals surface area contributed by atoms with Crippen molar-refractivity contribution in [1.82, 2.24) is 0 Å². The van der Waals surface area contributed by atoms with E-state index in [1.807, 2.05) is 0 Å². The Kier molecular flexibility index (Phi) is 17.9. The van der Waals surface area contributed by atoms with Gasteiger partial charge in [0.15, 0.2) is 0 Å². The van der Waals surface area contributed by atoms with Crippen molar-refractivity contribution in [3.8, 4) is 0 Å². The predicted molar refractivity (Wildman–Crippen MR) is 94.6 cm³/mol. The van der Waals surface area contributed by atoms with Crippen LogP contribution in [0.1, 0.15) is 84.0 Å². The minimum absolute atomic E-state index is 0.684. The number of allylic oxidation sites excluding steroid dienone is 6. The number of hydrogen-bond acceptors (Lipinski definition) is 1. The third-order valence-corrected chi connectivity index (χ3v) is 3.46. The molecule has 0 amide bonds. The molecule has 1 heteroatoms. The van der Waals surface area contributed by atoms with Crippen molar-refractivity contribution in [3.63, 3.8) is 0 Å². The van der Waals surface area contributed by atoms with Gasteiger partial charge in [-0.15, -0.1) is 0 Å². The number of hydrogen-bond donors (Lipinski definition) is 0. The summed E-state index contributed by atoms with van der Waals surface area (Å²) in [6.45, 7) is 2.26. The predicted octanol–water partition coefficient (Wildman–Crippen LogP) is 6.56. The fraction of sp³-hybridized carbons (Fsp3) is 0.650. The van der Waals surface area contributed by atoms with Crippen molar-refractivity contribution in [2.45, 2.75) is 84.0 Å². The molecule has 0 unspecified atom stereocenters. The summed E-state index contributed by atoms with van der Waals surface area (Å²) in [5.41, 5.74) is 0. The Hall–Kier alpha value is -1.11. The highest BCUT2D eigenvalue weighted by atomic mass is 16.1. The molecule has 0 aromatic carbocycles. The maximum atomic E-state index is 10.1. The van der Waals surface area contributed by atoms with Gasteiger partial charge in [-0.25, -0.2) is 0 Å². The molecule has 0 fully saturated rings. The number of unbranched alkanes of at least 4 members (excludes halogenated alkanes) is 8. The van der Waals surface area contributed by atoms with Crippen molar-refractivity contribution in [1.29, 1.82) is 0 Å². The molecular formula is C20H34O. The number of carbonyl (C=O) groups is 1. The summed E-state index contributed by atoms with van der Waals surface area (Å²) in [7, 11) is 0. The van der Waals surface area contributed by atoms with Gasteiger partial charge in [0.05, 0.1) is 0 Å². The Balaban J connectivity index is 3.26. The Labute approximate surface area is 132 Å². The molecule has 0 aliphatic heterocycles. The van der Waals surface area contributed by atoms with Gasteiger partial charge in [0.25, 0.3) is 0 Å². The summed E-state index contributed by atoms with van der Waals surface area (Å²) in [6.07, 6.45) is 28.6. The zero-order valence-corrected chi connectivity index (χ0v) is 13.9. The zero-order chi connectivity index (χ0) is 15.4. The topological polar surface area (TPSA) is 17.1 Å². The lowest BCUT2D eigenvalue weighted by atomic mass is 10.1. The van der Waals surface area contributed by atoms with Gasteiger partial charge in [-0.1, -0.05) is 75.5 Å². The molecule has 0 aliphatic rings. The lowest BCUT2D eigenvalue weighted by Gasteiger charge is -1.97. The molecule has 120 valence electrons. The third kappa shape index (κ3) is 18.9. The molecule has 0 spiro atoms. The molecule has 1 nitrogen and oxygen atoms in total. The Morgan fingerprint density at radius 1 is 0.571 bits per heavy atom. The average molecular weight is 290 g/mol. The molecule has 0 heterocycles. The Bertz CT molecular complexity index is 286. The van der Waals surface area contributed by atoms with Crippen LogP contribution in [-0.4, -0.2) is 6.29 Å². The highest BCUT2D eigenvalue weighted by molar-refractivity contribution is 5.48. The van der Waals surface area contributed by atoms with Gasteiger partial charge in [0.1, 0.15) is 6.29 Å². The number of rotatable bonds is 15. The van der Waals surface area contributed by atoms with E-state index in [1.54, 1.807) is 0 Å². The summed E-state index contributed by atoms with van der Waals surface area (Å²) in [4.78, 5) is 10.1. The van der Waals surface area contributed by atoms with E-state index in [-0.39, 0.29) is 0 Å². The molecule has 0 atom stereocenters. The van der Waals surface area contributed by atoms with Gasteiger partial charge >= 0.3 is 0 Å². The molecule has 0 N–H and O–H groups in total. The molecule has 0 rings (SSSR count). The third-order valence-electron chi connectivity index (χ3n) is 3.46. The normalized spacial score (nSPS) is 12.0. The summed E-state index contributed by atoms with van der Waals surface area (Å²) >= 11 is 0. The second-order valence-corrected chi connectivity index (χ2v) is 5.54. The molecule has 0 saturated carbocycles. The van der Waals surface area contributed by atoms with Crippen LogP contribution >= 0.6 is 0 Å². The smallest absolute Gasteiger partial charge is 0.120 e. The van der Waals surface area contributed by atoms with Crippen LogP contribution in [0, 0.1) is 0 Å². The SMILES string of the molecule is CCCCCCCC/C=C/C/C=C/C/C=C/CCCC=O. The van der Waals surface area contributed by atoms with E-state index in [2.05, 4.69) is 43.4 Å². The molecule has 0 bridgehead atoms. The monoisotopic (exact) mass is 290 g/mol. The van der Waals surface area contributed by atoms with Crippen LogP contribution in [0.2, 0.25) is 0 Å². The van der Waals surface area contributed by atoms with Crippen LogP contribution in [0.3, 0.4) is 0 Å². The maximum absolute atomic E-state index is 10.1. The van der Waals surface area contributed by atoms with Gasteiger partial charge in [-0.3, -0.25) is 0 Å². The zero-order valence-electron chi connectivity index (χ0n) is 13.9. The standard InChI is InChI=1S/C20H34O/c1-2-3-4-5-6-7-8-9-10-11-12-13-14-15-16-17-18-19-20-21/h9-10,12-13,15-16,20H,2-8,11,14,17-19H2,1H3/b10-9+,13-12+,16-15+. The fourth-order valence-corrected chi connectivity index (χ4v) is 2.14. The molecule has 0 saturated heterocycles. The van der Waals surface area contributed by atoms with Gasteiger partial charge in [-0.05, 0) is 38.5 Å². The van der Waals surface area contributed by atoms with E-state index in [4.69, 9.17) is 0 Å². The minimum atomic E-state index is 0.684. The van der Waals surface area contributed by atoms with Gasteiger partial charge < -0.3 is 4.79 Å². The molecule has 0 aromatic heterocycles. The van der Waals surface area contributed by atoms with Crippen LogP contribution in [0.25, 0.3) is 0 Å². The van der Waals surface area contributed by atoms with E-state index in [1.165, 1.54) is 44.9 Å². The van der Waals surface area contributed by atoms with Crippen molar-refractivity contribution < 1.29 is 4.79 Å². The Morgan fingerprint density at radius 2 is 1.10 bits per heavy atom. The lowest BCUT2D eigenvalue weighted by molar-refractivity contribution is -0.107. The first-order chi connectivity index (χ1) is 10.4. The second-order valence-electron chi connectivity index (χ2n) is 5.54. The first-order valence-electron chi connectivity index (χ1n) is 8.80. The van der Waals surface area contributed by atoms with Gasteiger partial charge in [0, 0.05) is 6.42 Å². The molecule has 0 radical (unpaired) electrons. The van der Waals surface area contributed by atoms with Crippen LogP contribution in [0.15, 0.2) is 36.5 Å². The summed E-state index contributed by atoms with van der Waals surface area (Å²) in [6, 6.07) is 0. The first kappa shape index (κ1) is 19.9. The molecule has 0 aliphatic carbocycles. The highest BCUT2D eigenvalue weighted by Crippen LogP contribution is 2.07. The lowest BCUT2D eigenvalue weighted by Crippen LogP contribution is -1.77.